The van der Waals surface area contributed by atoms with E-state index in [1.54, 1.807) is 21.1 Å². The molecule has 0 aliphatic carbocycles. The van der Waals surface area contributed by atoms with Crippen LogP contribution in [-0.2, 0) is 16.1 Å². The monoisotopic (exact) mass is 435 g/mol. The summed E-state index contributed by atoms with van der Waals surface area (Å²) in [7, 11) is 3.36. The van der Waals surface area contributed by atoms with E-state index in [0.717, 1.165) is 11.3 Å². The summed E-state index contributed by atoms with van der Waals surface area (Å²) < 4.78 is 10.1. The quantitative estimate of drug-likeness (QED) is 0.216. The molecule has 0 saturated heterocycles. The second kappa shape index (κ2) is 13.0. The first-order chi connectivity index (χ1) is 10.7. The Morgan fingerprint density at radius 1 is 1.30 bits per heavy atom. The van der Waals surface area contributed by atoms with Gasteiger partial charge in [0.25, 0.3) is 0 Å². The molecule has 0 amide bonds. The number of nitrogens with zero attached hydrogens (tertiary/aromatic N) is 1. The number of hydrogen-bond donors (Lipinski definition) is 2. The molecular weight excluding hydrogens is 409 g/mol. The smallest absolute Gasteiger partial charge is 0.305 e. The van der Waals surface area contributed by atoms with Crippen LogP contribution in [0.3, 0.4) is 0 Å². The summed E-state index contributed by atoms with van der Waals surface area (Å²) in [6.07, 6.45) is 1.12. The Morgan fingerprint density at radius 3 is 2.74 bits per heavy atom. The molecule has 1 aromatic carbocycles. The molecule has 0 heterocycles. The minimum atomic E-state index is -0.163. The van der Waals surface area contributed by atoms with Gasteiger partial charge in [-0.25, -0.2) is 0 Å². The van der Waals surface area contributed by atoms with Gasteiger partial charge in [-0.15, -0.1) is 24.0 Å². The van der Waals surface area contributed by atoms with E-state index in [1.165, 1.54) is 0 Å². The Bertz CT molecular complexity index is 495. The van der Waals surface area contributed by atoms with Gasteiger partial charge in [0.15, 0.2) is 5.96 Å². The lowest BCUT2D eigenvalue weighted by Gasteiger charge is -2.12. The second-order valence-electron chi connectivity index (χ2n) is 4.61. The van der Waals surface area contributed by atoms with E-state index in [1.807, 2.05) is 24.3 Å². The summed E-state index contributed by atoms with van der Waals surface area (Å²) in [5, 5.41) is 6.38. The van der Waals surface area contributed by atoms with E-state index in [9.17, 15) is 4.79 Å². The molecule has 0 fully saturated rings. The zero-order chi connectivity index (χ0) is 16.2. The molecule has 0 bridgehead atoms. The molecule has 1 aromatic rings. The van der Waals surface area contributed by atoms with Gasteiger partial charge in [-0.1, -0.05) is 12.1 Å². The normalized spacial score (nSPS) is 10.5. The Hall–Kier alpha value is -1.51. The second-order valence-corrected chi connectivity index (χ2v) is 4.61. The average Bonchev–Trinajstić information content (AvgIpc) is 2.54. The number of benzene rings is 1. The van der Waals surface area contributed by atoms with E-state index in [-0.39, 0.29) is 29.9 Å². The van der Waals surface area contributed by atoms with Crippen LogP contribution in [0.15, 0.2) is 29.3 Å². The highest BCUT2D eigenvalue weighted by atomic mass is 127. The van der Waals surface area contributed by atoms with Gasteiger partial charge in [0, 0.05) is 26.6 Å². The van der Waals surface area contributed by atoms with Crippen molar-refractivity contribution in [3.8, 4) is 5.75 Å². The first-order valence-corrected chi connectivity index (χ1v) is 7.42. The van der Waals surface area contributed by atoms with Crippen molar-refractivity contribution in [1.82, 2.24) is 10.6 Å². The predicted molar refractivity (Wildman–Crippen MR) is 102 cm³/mol. The third kappa shape index (κ3) is 9.27. The van der Waals surface area contributed by atoms with E-state index >= 15 is 0 Å². The van der Waals surface area contributed by atoms with Crippen molar-refractivity contribution in [2.45, 2.75) is 26.3 Å². The minimum Gasteiger partial charge on any atom is -0.497 e. The van der Waals surface area contributed by atoms with Crippen molar-refractivity contribution in [2.24, 2.45) is 4.99 Å². The molecule has 0 spiro atoms. The molecule has 1 rings (SSSR count). The zero-order valence-corrected chi connectivity index (χ0v) is 16.3. The predicted octanol–water partition coefficient (Wildman–Crippen LogP) is 2.32. The van der Waals surface area contributed by atoms with E-state index < -0.39 is 0 Å². The molecule has 7 heteroatoms. The number of nitrogens with one attached hydrogen (secondary N) is 2. The molecule has 0 unspecified atom stereocenters. The summed E-state index contributed by atoms with van der Waals surface area (Å²) in [6, 6.07) is 7.85. The topological polar surface area (TPSA) is 72.0 Å². The molecule has 23 heavy (non-hydrogen) atoms. The average molecular weight is 435 g/mol. The molecule has 0 radical (unpaired) electrons. The van der Waals surface area contributed by atoms with E-state index in [0.29, 0.717) is 38.5 Å². The molecule has 2 N–H and O–H groups in total. The highest BCUT2D eigenvalue weighted by molar-refractivity contribution is 14.0. The van der Waals surface area contributed by atoms with Crippen molar-refractivity contribution in [1.29, 1.82) is 0 Å². The summed E-state index contributed by atoms with van der Waals surface area (Å²) in [6.45, 7) is 3.54. The van der Waals surface area contributed by atoms with E-state index in [2.05, 4.69) is 15.6 Å². The van der Waals surface area contributed by atoms with Gasteiger partial charge in [0.1, 0.15) is 5.75 Å². The largest absolute Gasteiger partial charge is 0.497 e. The number of carbonyl (C=O) groups is 1. The molecule has 0 aliphatic rings. The highest BCUT2D eigenvalue weighted by Gasteiger charge is 2.02. The lowest BCUT2D eigenvalue weighted by molar-refractivity contribution is -0.143. The molecule has 0 atom stereocenters. The first kappa shape index (κ1) is 21.5. The maximum absolute atomic E-state index is 11.2. The Balaban J connectivity index is 0.00000484. The van der Waals surface area contributed by atoms with Gasteiger partial charge in [0.05, 0.1) is 13.7 Å². The van der Waals surface area contributed by atoms with Gasteiger partial charge in [-0.05, 0) is 31.0 Å². The minimum absolute atomic E-state index is 0. The van der Waals surface area contributed by atoms with Gasteiger partial charge in [-0.2, -0.15) is 0 Å². The number of halogens is 1. The molecule has 6 nitrogen and oxygen atoms in total. The van der Waals surface area contributed by atoms with Crippen LogP contribution < -0.4 is 15.4 Å². The van der Waals surface area contributed by atoms with Crippen molar-refractivity contribution in [3.63, 3.8) is 0 Å². The molecule has 0 aliphatic heterocycles. The number of aliphatic imine (C=N–C) groups is 1. The van der Waals surface area contributed by atoms with Crippen molar-refractivity contribution in [2.75, 3.05) is 27.3 Å². The maximum atomic E-state index is 11.2. The number of esters is 1. The van der Waals surface area contributed by atoms with Crippen LogP contribution in [-0.4, -0.2) is 39.2 Å². The van der Waals surface area contributed by atoms with Gasteiger partial charge in [0.2, 0.25) is 0 Å². The maximum Gasteiger partial charge on any atom is 0.305 e. The van der Waals surface area contributed by atoms with Crippen LogP contribution in [0.2, 0.25) is 0 Å². The van der Waals surface area contributed by atoms with Crippen LogP contribution in [0.4, 0.5) is 0 Å². The highest BCUT2D eigenvalue weighted by Crippen LogP contribution is 2.11. The van der Waals surface area contributed by atoms with Crippen molar-refractivity contribution in [3.05, 3.63) is 29.8 Å². The SMILES string of the molecule is CCOC(=O)CCCNC(=NC)NCc1cccc(OC)c1.I. The summed E-state index contributed by atoms with van der Waals surface area (Å²) >= 11 is 0. The number of guanidine groups is 1. The summed E-state index contributed by atoms with van der Waals surface area (Å²) in [5.74, 6) is 1.37. The van der Waals surface area contributed by atoms with Gasteiger partial charge < -0.3 is 20.1 Å². The standard InChI is InChI=1S/C16H25N3O3.HI/c1-4-22-15(20)9-6-10-18-16(17-2)19-12-13-7-5-8-14(11-13)21-3;/h5,7-8,11H,4,6,9-10,12H2,1-3H3,(H2,17,18,19);1H. The number of rotatable bonds is 8. The van der Waals surface area contributed by atoms with E-state index in [4.69, 9.17) is 9.47 Å². The fourth-order valence-electron chi connectivity index (χ4n) is 1.86. The molecule has 130 valence electrons. The van der Waals surface area contributed by atoms with Crippen LogP contribution in [0.1, 0.15) is 25.3 Å². The third-order valence-electron chi connectivity index (χ3n) is 2.97. The van der Waals surface area contributed by atoms with Crippen LogP contribution in [0.5, 0.6) is 5.75 Å². The van der Waals surface area contributed by atoms with Gasteiger partial charge in [-0.3, -0.25) is 9.79 Å². The Morgan fingerprint density at radius 2 is 2.09 bits per heavy atom. The molecule has 0 aromatic heterocycles. The lowest BCUT2D eigenvalue weighted by Crippen LogP contribution is -2.37. The third-order valence-corrected chi connectivity index (χ3v) is 2.97. The van der Waals surface area contributed by atoms with Crippen molar-refractivity contribution < 1.29 is 14.3 Å². The zero-order valence-electron chi connectivity index (χ0n) is 13.9. The van der Waals surface area contributed by atoms with Crippen LogP contribution >= 0.6 is 24.0 Å². The fourth-order valence-corrected chi connectivity index (χ4v) is 1.86. The summed E-state index contributed by atoms with van der Waals surface area (Å²) in [4.78, 5) is 15.4. The van der Waals surface area contributed by atoms with Crippen LogP contribution in [0, 0.1) is 0 Å². The summed E-state index contributed by atoms with van der Waals surface area (Å²) in [5.41, 5.74) is 1.11. The lowest BCUT2D eigenvalue weighted by atomic mass is 10.2. The number of ether oxygens (including phenoxy) is 2. The van der Waals surface area contributed by atoms with Gasteiger partial charge >= 0.3 is 5.97 Å². The number of methoxy groups -OCH3 is 1. The Kier molecular flexibility index (Phi) is 12.1. The fraction of sp³-hybridized carbons (Fsp3) is 0.500. The molecular formula is C16H26IN3O3. The Labute approximate surface area is 155 Å². The van der Waals surface area contributed by atoms with Crippen LogP contribution in [0.25, 0.3) is 0 Å². The number of hydrogen-bond acceptors (Lipinski definition) is 4. The van der Waals surface area contributed by atoms with Crippen molar-refractivity contribution >= 4 is 35.9 Å². The first-order valence-electron chi connectivity index (χ1n) is 7.42. The molecule has 0 saturated carbocycles. The number of carbonyl (C=O) groups excluding carboxylic acids is 1.